The Morgan fingerprint density at radius 2 is 2.16 bits per heavy atom. The molecule has 2 heterocycles. The molecule has 1 aliphatic carbocycles. The molecule has 132 valence electrons. The van der Waals surface area contributed by atoms with E-state index in [2.05, 4.69) is 17.3 Å². The summed E-state index contributed by atoms with van der Waals surface area (Å²) in [5.41, 5.74) is 0.902. The van der Waals surface area contributed by atoms with Crippen LogP contribution in [0.2, 0.25) is 0 Å². The van der Waals surface area contributed by atoms with Crippen molar-refractivity contribution >= 4 is 17.4 Å². The Hall–Kier alpha value is -2.70. The number of likely N-dealkylation sites (N-methyl/N-ethyl adjacent to an activating group) is 1. The first-order valence-electron chi connectivity index (χ1n) is 8.56. The van der Waals surface area contributed by atoms with Gasteiger partial charge in [0.2, 0.25) is 12.7 Å². The number of hydrogen-bond acceptors (Lipinski definition) is 5. The highest BCUT2D eigenvalue weighted by atomic mass is 16.7. The van der Waals surface area contributed by atoms with Gasteiger partial charge in [0.05, 0.1) is 18.8 Å². The van der Waals surface area contributed by atoms with E-state index in [1.807, 2.05) is 40.9 Å². The summed E-state index contributed by atoms with van der Waals surface area (Å²) >= 11 is 0. The van der Waals surface area contributed by atoms with E-state index in [1.165, 1.54) is 12.8 Å². The van der Waals surface area contributed by atoms with Crippen LogP contribution in [0.1, 0.15) is 25.8 Å². The second kappa shape index (κ2) is 6.31. The van der Waals surface area contributed by atoms with Crippen LogP contribution in [0.5, 0.6) is 11.5 Å². The summed E-state index contributed by atoms with van der Waals surface area (Å²) in [6.45, 7) is 2.63. The number of anilines is 2. The summed E-state index contributed by atoms with van der Waals surface area (Å²) in [5.74, 6) is 2.79. The van der Waals surface area contributed by atoms with Crippen LogP contribution in [0.4, 0.5) is 11.5 Å². The number of carbonyl (C=O) groups is 1. The van der Waals surface area contributed by atoms with Gasteiger partial charge in [-0.1, -0.05) is 0 Å². The van der Waals surface area contributed by atoms with Gasteiger partial charge >= 0.3 is 0 Å². The summed E-state index contributed by atoms with van der Waals surface area (Å²) in [4.78, 5) is 14.3. The minimum Gasteiger partial charge on any atom is -0.454 e. The quantitative estimate of drug-likeness (QED) is 0.874. The molecule has 1 amide bonds. The predicted molar refractivity (Wildman–Crippen MR) is 94.1 cm³/mol. The van der Waals surface area contributed by atoms with E-state index in [0.717, 1.165) is 17.3 Å². The molecule has 0 bridgehead atoms. The molecule has 1 saturated carbocycles. The van der Waals surface area contributed by atoms with E-state index in [-0.39, 0.29) is 19.2 Å². The van der Waals surface area contributed by atoms with Crippen molar-refractivity contribution in [3.05, 3.63) is 30.5 Å². The van der Waals surface area contributed by atoms with Gasteiger partial charge in [0, 0.05) is 24.9 Å². The average molecular weight is 342 g/mol. The Labute approximate surface area is 146 Å². The Morgan fingerprint density at radius 3 is 2.96 bits per heavy atom. The molecule has 1 N–H and O–H groups in total. The van der Waals surface area contributed by atoms with E-state index >= 15 is 0 Å². The third-order valence-corrected chi connectivity index (χ3v) is 4.81. The molecule has 1 atom stereocenters. The monoisotopic (exact) mass is 342 g/mol. The standard InChI is InChI=1S/C18H22N4O3/c1-12(13-3-4-13)22-17(7-8-19-22)20-18(23)10-21(2)14-5-6-15-16(9-14)25-11-24-15/h5-9,12-13H,3-4,10-11H2,1-2H3,(H,20,23). The summed E-state index contributed by atoms with van der Waals surface area (Å²) in [5, 5.41) is 7.34. The van der Waals surface area contributed by atoms with Crippen molar-refractivity contribution in [2.45, 2.75) is 25.8 Å². The first kappa shape index (κ1) is 15.8. The molecular formula is C18H22N4O3. The molecule has 2 aliphatic rings. The average Bonchev–Trinajstić information content (AvgIpc) is 3.17. The van der Waals surface area contributed by atoms with Crippen molar-refractivity contribution in [3.8, 4) is 11.5 Å². The number of fused-ring (bicyclic) bond motifs is 1. The van der Waals surface area contributed by atoms with Gasteiger partial charge in [-0.15, -0.1) is 0 Å². The van der Waals surface area contributed by atoms with Crippen molar-refractivity contribution in [1.82, 2.24) is 9.78 Å². The van der Waals surface area contributed by atoms with Crippen LogP contribution in [-0.2, 0) is 4.79 Å². The molecule has 0 saturated heterocycles. The molecule has 7 heteroatoms. The van der Waals surface area contributed by atoms with Crippen LogP contribution in [0.15, 0.2) is 30.5 Å². The Kier molecular flexibility index (Phi) is 3.99. The summed E-state index contributed by atoms with van der Waals surface area (Å²) < 4.78 is 12.6. The zero-order valence-corrected chi connectivity index (χ0v) is 14.4. The lowest BCUT2D eigenvalue weighted by molar-refractivity contribution is -0.115. The van der Waals surface area contributed by atoms with Gasteiger partial charge in [-0.3, -0.25) is 4.79 Å². The third-order valence-electron chi connectivity index (χ3n) is 4.81. The van der Waals surface area contributed by atoms with Gasteiger partial charge < -0.3 is 19.7 Å². The lowest BCUT2D eigenvalue weighted by Crippen LogP contribution is -2.31. The maximum absolute atomic E-state index is 12.4. The van der Waals surface area contributed by atoms with E-state index in [9.17, 15) is 4.79 Å². The molecule has 1 unspecified atom stereocenters. The van der Waals surface area contributed by atoms with Crippen molar-refractivity contribution in [3.63, 3.8) is 0 Å². The van der Waals surface area contributed by atoms with E-state index < -0.39 is 0 Å². The number of rotatable bonds is 6. The second-order valence-electron chi connectivity index (χ2n) is 6.68. The van der Waals surface area contributed by atoms with Gasteiger partial charge in [-0.25, -0.2) is 4.68 Å². The number of carbonyl (C=O) groups excluding carboxylic acids is 1. The number of benzene rings is 1. The Balaban J connectivity index is 1.40. The number of ether oxygens (including phenoxy) is 2. The summed E-state index contributed by atoms with van der Waals surface area (Å²) in [6, 6.07) is 7.82. The molecule has 1 aromatic carbocycles. The number of aromatic nitrogens is 2. The molecule has 25 heavy (non-hydrogen) atoms. The smallest absolute Gasteiger partial charge is 0.245 e. The zero-order chi connectivity index (χ0) is 17.4. The van der Waals surface area contributed by atoms with Gasteiger partial charge in [0.15, 0.2) is 11.5 Å². The fourth-order valence-corrected chi connectivity index (χ4v) is 3.13. The normalized spacial score (nSPS) is 16.6. The number of amides is 1. The summed E-state index contributed by atoms with van der Waals surface area (Å²) in [7, 11) is 1.88. The lowest BCUT2D eigenvalue weighted by atomic mass is 10.2. The van der Waals surface area contributed by atoms with E-state index in [0.29, 0.717) is 17.7 Å². The summed E-state index contributed by atoms with van der Waals surface area (Å²) in [6.07, 6.45) is 4.21. The SMILES string of the molecule is CC(C1CC1)n1nccc1NC(=O)CN(C)c1ccc2c(c1)OCO2. The maximum Gasteiger partial charge on any atom is 0.245 e. The van der Waals surface area contributed by atoms with Crippen LogP contribution in [0.25, 0.3) is 0 Å². The highest BCUT2D eigenvalue weighted by Gasteiger charge is 2.30. The van der Waals surface area contributed by atoms with Crippen LogP contribution in [0.3, 0.4) is 0 Å². The minimum atomic E-state index is -0.0788. The lowest BCUT2D eigenvalue weighted by Gasteiger charge is -2.20. The van der Waals surface area contributed by atoms with Gasteiger partial charge in [0.1, 0.15) is 5.82 Å². The molecule has 1 aromatic heterocycles. The zero-order valence-electron chi connectivity index (χ0n) is 14.4. The van der Waals surface area contributed by atoms with E-state index in [1.54, 1.807) is 6.20 Å². The van der Waals surface area contributed by atoms with Crippen molar-refractivity contribution in [2.24, 2.45) is 5.92 Å². The molecule has 0 radical (unpaired) electrons. The number of hydrogen-bond donors (Lipinski definition) is 1. The molecule has 1 aliphatic heterocycles. The molecule has 7 nitrogen and oxygen atoms in total. The fraction of sp³-hybridized carbons (Fsp3) is 0.444. The molecule has 2 aromatic rings. The van der Waals surface area contributed by atoms with Crippen LogP contribution < -0.4 is 19.7 Å². The predicted octanol–water partition coefficient (Wildman–Crippen LogP) is 2.66. The third kappa shape index (κ3) is 3.26. The van der Waals surface area contributed by atoms with Crippen molar-refractivity contribution in [2.75, 3.05) is 30.6 Å². The maximum atomic E-state index is 12.4. The van der Waals surface area contributed by atoms with Crippen LogP contribution >= 0.6 is 0 Å². The highest BCUT2D eigenvalue weighted by molar-refractivity contribution is 5.93. The van der Waals surface area contributed by atoms with Crippen molar-refractivity contribution < 1.29 is 14.3 Å². The fourth-order valence-electron chi connectivity index (χ4n) is 3.13. The van der Waals surface area contributed by atoms with E-state index in [4.69, 9.17) is 9.47 Å². The van der Waals surface area contributed by atoms with Gasteiger partial charge in [-0.05, 0) is 37.8 Å². The minimum absolute atomic E-state index is 0.0788. The molecule has 1 fully saturated rings. The van der Waals surface area contributed by atoms with Crippen LogP contribution in [0, 0.1) is 5.92 Å². The van der Waals surface area contributed by atoms with Gasteiger partial charge in [-0.2, -0.15) is 5.10 Å². The molecule has 0 spiro atoms. The Morgan fingerprint density at radius 1 is 1.36 bits per heavy atom. The number of nitrogens with one attached hydrogen (secondary N) is 1. The number of nitrogens with zero attached hydrogens (tertiary/aromatic N) is 3. The highest BCUT2D eigenvalue weighted by Crippen LogP contribution is 2.40. The topological polar surface area (TPSA) is 68.6 Å². The van der Waals surface area contributed by atoms with Crippen molar-refractivity contribution in [1.29, 1.82) is 0 Å². The van der Waals surface area contributed by atoms with Crippen LogP contribution in [-0.4, -0.2) is 36.1 Å². The van der Waals surface area contributed by atoms with Gasteiger partial charge in [0.25, 0.3) is 0 Å². The molecular weight excluding hydrogens is 320 g/mol. The first-order chi connectivity index (χ1) is 12.1. The second-order valence-corrected chi connectivity index (χ2v) is 6.68. The Bertz CT molecular complexity index is 784. The first-order valence-corrected chi connectivity index (χ1v) is 8.56. The largest absolute Gasteiger partial charge is 0.454 e. The molecule has 4 rings (SSSR count).